The third-order valence-electron chi connectivity index (χ3n) is 8.56. The molecule has 1 radical (unpaired) electrons. The van der Waals surface area contributed by atoms with Crippen LogP contribution in [-0.2, 0) is 20.1 Å². The Kier molecular flexibility index (Phi) is 10.7. The molecule has 0 amide bonds. The van der Waals surface area contributed by atoms with Crippen molar-refractivity contribution < 1.29 is 20.1 Å². The molecule has 3 heterocycles. The molecule has 8 aromatic rings. The summed E-state index contributed by atoms with van der Waals surface area (Å²) in [5.41, 5.74) is 10.2. The van der Waals surface area contributed by atoms with Crippen molar-refractivity contribution in [3.8, 4) is 44.8 Å². The van der Waals surface area contributed by atoms with E-state index in [-0.39, 0.29) is 20.1 Å². The zero-order valence-electron chi connectivity index (χ0n) is 28.0. The molecule has 0 spiro atoms. The maximum absolute atomic E-state index is 4.70. The standard InChI is InChI=1S/C30H20NS.C14H16GeN.Ir/c1-20-10-12-22(13-11-20)23-14-15-25-26-8-5-9-27(30(26)32-29(25)19-23)28-18-24(16-17-31-28)21-6-3-2-4-7-21;1-15(2,3)13-9-10-14(16-11-13)12-7-5-4-6-8-12;/h2-8,10-19H,1H3;4-7,9-11H,1-3H3;/q2*-1;. The fraction of sp³-hybridized carbons (Fsp3) is 0.0909. The van der Waals surface area contributed by atoms with Gasteiger partial charge < -0.3 is 4.98 Å². The molecule has 0 saturated carbocycles. The molecule has 8 rings (SSSR count). The minimum atomic E-state index is -1.72. The molecule has 0 saturated heterocycles. The van der Waals surface area contributed by atoms with Gasteiger partial charge in [0.2, 0.25) is 0 Å². The van der Waals surface area contributed by atoms with Gasteiger partial charge >= 0.3 is 99.8 Å². The first kappa shape index (κ1) is 34.7. The molecule has 0 aliphatic heterocycles. The van der Waals surface area contributed by atoms with Crippen LogP contribution in [0, 0.1) is 19.1 Å². The predicted molar refractivity (Wildman–Crippen MR) is 208 cm³/mol. The molecule has 49 heavy (non-hydrogen) atoms. The van der Waals surface area contributed by atoms with E-state index in [0.717, 1.165) is 22.5 Å². The van der Waals surface area contributed by atoms with Gasteiger partial charge in [-0.2, -0.15) is 11.3 Å². The van der Waals surface area contributed by atoms with Crippen molar-refractivity contribution in [2.45, 2.75) is 24.2 Å². The minimum absolute atomic E-state index is 0. The first-order chi connectivity index (χ1) is 23.3. The quantitative estimate of drug-likeness (QED) is 0.127. The van der Waals surface area contributed by atoms with Crippen molar-refractivity contribution in [1.82, 2.24) is 9.97 Å². The monoisotopic (exact) mass is 891 g/mol. The van der Waals surface area contributed by atoms with E-state index in [2.05, 4.69) is 138 Å². The van der Waals surface area contributed by atoms with Crippen LogP contribution in [0.25, 0.3) is 64.9 Å². The first-order valence-electron chi connectivity index (χ1n) is 16.2. The zero-order chi connectivity index (χ0) is 33.1. The van der Waals surface area contributed by atoms with E-state index in [1.54, 1.807) is 0 Å². The summed E-state index contributed by atoms with van der Waals surface area (Å²) in [6.07, 6.45) is 3.93. The topological polar surface area (TPSA) is 25.8 Å². The molecule has 2 nitrogen and oxygen atoms in total. The second-order valence-electron chi connectivity index (χ2n) is 13.0. The van der Waals surface area contributed by atoms with E-state index in [0.29, 0.717) is 0 Å². The molecule has 243 valence electrons. The Hall–Kier alpha value is -4.19. The van der Waals surface area contributed by atoms with E-state index in [1.807, 2.05) is 60.1 Å². The van der Waals surface area contributed by atoms with Gasteiger partial charge in [0.05, 0.1) is 0 Å². The summed E-state index contributed by atoms with van der Waals surface area (Å²) in [6, 6.07) is 53.4. The summed E-state index contributed by atoms with van der Waals surface area (Å²) in [4.78, 5) is 9.24. The van der Waals surface area contributed by atoms with Crippen LogP contribution in [0.4, 0.5) is 0 Å². The van der Waals surface area contributed by atoms with Gasteiger partial charge in [-0.1, -0.05) is 83.7 Å². The number of aromatic nitrogens is 2. The fourth-order valence-electron chi connectivity index (χ4n) is 5.78. The molecule has 0 unspecified atom stereocenters. The Bertz CT molecular complexity index is 2310. The smallest absolute Gasteiger partial charge is 0 e. The van der Waals surface area contributed by atoms with Crippen LogP contribution in [0.3, 0.4) is 0 Å². The number of hydrogen-bond acceptors (Lipinski definition) is 3. The van der Waals surface area contributed by atoms with E-state index >= 15 is 0 Å². The van der Waals surface area contributed by atoms with Crippen molar-refractivity contribution in [3.05, 3.63) is 164 Å². The van der Waals surface area contributed by atoms with Gasteiger partial charge in [0.15, 0.2) is 0 Å². The van der Waals surface area contributed by atoms with Gasteiger partial charge in [-0.3, -0.25) is 0 Å². The molecule has 0 atom stereocenters. The minimum Gasteiger partial charge on any atom is 0 e. The van der Waals surface area contributed by atoms with Crippen molar-refractivity contribution >= 4 is 49.2 Å². The van der Waals surface area contributed by atoms with Crippen LogP contribution in [-0.4, -0.2) is 23.2 Å². The molecule has 0 N–H and O–H groups in total. The summed E-state index contributed by atoms with van der Waals surface area (Å²) in [5, 5.41) is 2.55. The number of pyridine rings is 2. The van der Waals surface area contributed by atoms with Gasteiger partial charge in [0.1, 0.15) is 0 Å². The third-order valence-corrected chi connectivity index (χ3v) is 14.0. The average Bonchev–Trinajstić information content (AvgIpc) is 3.51. The molecular formula is C44H36GeIrN2S-2. The maximum atomic E-state index is 4.70. The molecule has 3 aromatic heterocycles. The number of aryl methyl sites for hydroxylation is 1. The van der Waals surface area contributed by atoms with E-state index in [9.17, 15) is 0 Å². The van der Waals surface area contributed by atoms with Crippen LogP contribution < -0.4 is 4.40 Å². The Labute approximate surface area is 309 Å². The summed E-state index contributed by atoms with van der Waals surface area (Å²) in [5.74, 6) is 7.14. The number of hydrogen-bond donors (Lipinski definition) is 0. The molecule has 0 fully saturated rings. The fourth-order valence-corrected chi connectivity index (χ4v) is 9.20. The number of nitrogens with zero attached hydrogens (tertiary/aromatic N) is 2. The van der Waals surface area contributed by atoms with Crippen molar-refractivity contribution in [3.63, 3.8) is 0 Å². The van der Waals surface area contributed by atoms with Gasteiger partial charge in [0.25, 0.3) is 0 Å². The summed E-state index contributed by atoms with van der Waals surface area (Å²) in [6.45, 7) is 2.12. The number of rotatable bonds is 5. The largest absolute Gasteiger partial charge is 0 e. The Morgan fingerprint density at radius 2 is 1.33 bits per heavy atom. The summed E-state index contributed by atoms with van der Waals surface area (Å²) >= 11 is 0.110. The molecule has 0 aliphatic carbocycles. The second kappa shape index (κ2) is 15.1. The average molecular weight is 890 g/mol. The normalized spacial score (nSPS) is 11.1. The van der Waals surface area contributed by atoms with E-state index in [4.69, 9.17) is 4.98 Å². The van der Waals surface area contributed by atoms with Crippen molar-refractivity contribution in [1.29, 1.82) is 0 Å². The van der Waals surface area contributed by atoms with Crippen LogP contribution in [0.2, 0.25) is 17.3 Å². The van der Waals surface area contributed by atoms with Gasteiger partial charge in [0, 0.05) is 31.0 Å². The van der Waals surface area contributed by atoms with Crippen LogP contribution >= 0.6 is 11.3 Å². The van der Waals surface area contributed by atoms with E-state index in [1.165, 1.54) is 52.4 Å². The van der Waals surface area contributed by atoms with Crippen molar-refractivity contribution in [2.24, 2.45) is 0 Å². The van der Waals surface area contributed by atoms with Crippen LogP contribution in [0.15, 0.2) is 146 Å². The summed E-state index contributed by atoms with van der Waals surface area (Å²) in [7, 11) is 0. The predicted octanol–water partition coefficient (Wildman–Crippen LogP) is 11.7. The second-order valence-corrected chi connectivity index (χ2v) is 24.7. The maximum Gasteiger partial charge on any atom is 0 e. The van der Waals surface area contributed by atoms with Crippen LogP contribution in [0.1, 0.15) is 5.56 Å². The van der Waals surface area contributed by atoms with Crippen LogP contribution in [0.5, 0.6) is 0 Å². The SMILES string of the molecule is Cc1ccc(-c2ccc3c(c2)sc2c(-c4cc(-c5ccccc5)ccn4)[c-]ccc23)cc1.[CH3][Ge]([CH3])([CH3])[c]1ccc(-c2[c-]cccc2)nc1.[Ir]. The number of fused-ring (bicyclic) bond motifs is 3. The molecule has 5 aromatic carbocycles. The first-order valence-corrected chi connectivity index (χ1v) is 24.4. The number of thiophene rings is 1. The van der Waals surface area contributed by atoms with Gasteiger partial charge in [-0.05, 0) is 57.1 Å². The Balaban J connectivity index is 0.000000208. The van der Waals surface area contributed by atoms with Gasteiger partial charge in [-0.25, -0.2) is 0 Å². The zero-order valence-corrected chi connectivity index (χ0v) is 33.3. The Morgan fingerprint density at radius 1 is 0.592 bits per heavy atom. The molecule has 0 bridgehead atoms. The van der Waals surface area contributed by atoms with Crippen molar-refractivity contribution in [2.75, 3.05) is 0 Å². The molecular weight excluding hydrogens is 853 g/mol. The summed E-state index contributed by atoms with van der Waals surface area (Å²) < 4.78 is 3.97. The Morgan fingerprint density at radius 3 is 2.04 bits per heavy atom. The number of benzene rings is 5. The van der Waals surface area contributed by atoms with Gasteiger partial charge in [-0.15, -0.1) is 23.8 Å². The third kappa shape index (κ3) is 7.84. The molecule has 5 heteroatoms. The molecule has 0 aliphatic rings. The van der Waals surface area contributed by atoms with E-state index < -0.39 is 13.3 Å².